The molecule has 0 aliphatic carbocycles. The van der Waals surface area contributed by atoms with Crippen molar-refractivity contribution < 1.29 is 14.3 Å². The first-order chi connectivity index (χ1) is 11.5. The van der Waals surface area contributed by atoms with Gasteiger partial charge in [0.2, 0.25) is 5.91 Å². The summed E-state index contributed by atoms with van der Waals surface area (Å²) < 4.78 is 4.67. The Morgan fingerprint density at radius 2 is 1.92 bits per heavy atom. The fraction of sp³-hybridized carbons (Fsp3) is 0.222. The van der Waals surface area contributed by atoms with E-state index in [0.29, 0.717) is 22.8 Å². The molecular formula is C18H19ClN2O3. The minimum atomic E-state index is -0.441. The van der Waals surface area contributed by atoms with E-state index in [0.717, 1.165) is 5.56 Å². The van der Waals surface area contributed by atoms with E-state index in [-0.39, 0.29) is 12.5 Å². The molecule has 0 heterocycles. The monoisotopic (exact) mass is 346 g/mol. The maximum atomic E-state index is 12.1. The van der Waals surface area contributed by atoms with Crippen molar-refractivity contribution in [3.05, 3.63) is 64.7 Å². The zero-order valence-electron chi connectivity index (χ0n) is 13.6. The lowest BCUT2D eigenvalue weighted by atomic mass is 10.2. The maximum Gasteiger partial charge on any atom is 0.337 e. The number of ether oxygens (including phenoxy) is 1. The number of methoxy groups -OCH3 is 1. The Morgan fingerprint density at radius 3 is 2.62 bits per heavy atom. The van der Waals surface area contributed by atoms with Crippen LogP contribution in [0, 0.1) is 0 Å². The molecule has 0 aliphatic heterocycles. The predicted molar refractivity (Wildman–Crippen MR) is 94.2 cm³/mol. The predicted octanol–water partition coefficient (Wildman–Crippen LogP) is 3.20. The minimum Gasteiger partial charge on any atom is -0.465 e. The topological polar surface area (TPSA) is 58.6 Å². The third-order valence-corrected chi connectivity index (χ3v) is 3.56. The summed E-state index contributed by atoms with van der Waals surface area (Å²) in [4.78, 5) is 25.5. The summed E-state index contributed by atoms with van der Waals surface area (Å²) in [5.74, 6) is -0.606. The number of hydrogen-bond donors (Lipinski definition) is 1. The second-order valence-electron chi connectivity index (χ2n) is 5.42. The average molecular weight is 347 g/mol. The molecule has 0 saturated heterocycles. The molecule has 0 unspecified atom stereocenters. The molecule has 24 heavy (non-hydrogen) atoms. The van der Waals surface area contributed by atoms with Crippen molar-refractivity contribution in [1.29, 1.82) is 0 Å². The van der Waals surface area contributed by atoms with Crippen molar-refractivity contribution in [1.82, 2.24) is 4.90 Å². The molecule has 6 heteroatoms. The SMILES string of the molecule is COC(=O)c1cccc(NC(=O)CN(C)Cc2cccc(Cl)c2)c1. The van der Waals surface area contributed by atoms with Crippen molar-refractivity contribution in [2.24, 2.45) is 0 Å². The molecule has 2 aromatic rings. The number of esters is 1. The quantitative estimate of drug-likeness (QED) is 0.816. The van der Waals surface area contributed by atoms with E-state index in [9.17, 15) is 9.59 Å². The highest BCUT2D eigenvalue weighted by Gasteiger charge is 2.10. The van der Waals surface area contributed by atoms with Gasteiger partial charge in [0, 0.05) is 17.3 Å². The van der Waals surface area contributed by atoms with Crippen LogP contribution in [0.2, 0.25) is 5.02 Å². The van der Waals surface area contributed by atoms with Crippen LogP contribution in [0.3, 0.4) is 0 Å². The first-order valence-electron chi connectivity index (χ1n) is 7.39. The Labute approximate surface area is 146 Å². The molecule has 1 amide bonds. The number of benzene rings is 2. The van der Waals surface area contributed by atoms with E-state index in [1.807, 2.05) is 36.2 Å². The van der Waals surface area contributed by atoms with Crippen molar-refractivity contribution in [3.8, 4) is 0 Å². The molecule has 0 saturated carbocycles. The Hall–Kier alpha value is -2.37. The van der Waals surface area contributed by atoms with Crippen LogP contribution < -0.4 is 5.32 Å². The van der Waals surface area contributed by atoms with Crippen LogP contribution in [-0.2, 0) is 16.1 Å². The molecule has 1 N–H and O–H groups in total. The van der Waals surface area contributed by atoms with E-state index in [2.05, 4.69) is 10.1 Å². The van der Waals surface area contributed by atoms with Crippen molar-refractivity contribution in [3.63, 3.8) is 0 Å². The summed E-state index contributed by atoms with van der Waals surface area (Å²) in [5, 5.41) is 3.45. The van der Waals surface area contributed by atoms with Crippen LogP contribution in [0.15, 0.2) is 48.5 Å². The summed E-state index contributed by atoms with van der Waals surface area (Å²) in [6.45, 7) is 0.825. The summed E-state index contributed by atoms with van der Waals surface area (Å²) >= 11 is 5.96. The lowest BCUT2D eigenvalue weighted by molar-refractivity contribution is -0.117. The highest BCUT2D eigenvalue weighted by molar-refractivity contribution is 6.30. The number of amides is 1. The molecule has 2 rings (SSSR count). The lowest BCUT2D eigenvalue weighted by Gasteiger charge is -2.16. The Morgan fingerprint density at radius 1 is 1.17 bits per heavy atom. The van der Waals surface area contributed by atoms with Gasteiger partial charge in [-0.15, -0.1) is 0 Å². The van der Waals surface area contributed by atoms with Gasteiger partial charge in [-0.3, -0.25) is 9.69 Å². The van der Waals surface area contributed by atoms with Gasteiger partial charge >= 0.3 is 5.97 Å². The lowest BCUT2D eigenvalue weighted by Crippen LogP contribution is -2.29. The van der Waals surface area contributed by atoms with Crippen LogP contribution in [-0.4, -0.2) is 37.5 Å². The number of hydrogen-bond acceptors (Lipinski definition) is 4. The van der Waals surface area contributed by atoms with Gasteiger partial charge in [-0.05, 0) is 42.9 Å². The van der Waals surface area contributed by atoms with E-state index in [1.165, 1.54) is 7.11 Å². The van der Waals surface area contributed by atoms with Gasteiger partial charge in [-0.1, -0.05) is 29.8 Å². The van der Waals surface area contributed by atoms with E-state index in [4.69, 9.17) is 11.6 Å². The number of likely N-dealkylation sites (N-methyl/N-ethyl adjacent to an activating group) is 1. The zero-order chi connectivity index (χ0) is 17.5. The number of carbonyl (C=O) groups is 2. The molecule has 5 nitrogen and oxygen atoms in total. The second-order valence-corrected chi connectivity index (χ2v) is 5.86. The molecule has 2 aromatic carbocycles. The average Bonchev–Trinajstić information content (AvgIpc) is 2.54. The number of halogens is 1. The molecule has 0 atom stereocenters. The molecule has 0 radical (unpaired) electrons. The number of carbonyl (C=O) groups excluding carboxylic acids is 2. The van der Waals surface area contributed by atoms with Crippen LogP contribution in [0.25, 0.3) is 0 Å². The van der Waals surface area contributed by atoms with Crippen LogP contribution in [0.1, 0.15) is 15.9 Å². The minimum absolute atomic E-state index is 0.165. The number of rotatable bonds is 6. The first-order valence-corrected chi connectivity index (χ1v) is 7.77. The molecule has 0 aliphatic rings. The van der Waals surface area contributed by atoms with Gasteiger partial charge in [-0.2, -0.15) is 0 Å². The third-order valence-electron chi connectivity index (χ3n) is 3.32. The van der Waals surface area contributed by atoms with Gasteiger partial charge in [0.15, 0.2) is 0 Å². The Balaban J connectivity index is 1.92. The maximum absolute atomic E-state index is 12.1. The molecule has 0 fully saturated rings. The fourth-order valence-corrected chi connectivity index (χ4v) is 2.50. The zero-order valence-corrected chi connectivity index (χ0v) is 14.3. The van der Waals surface area contributed by atoms with E-state index < -0.39 is 5.97 Å². The summed E-state index contributed by atoms with van der Waals surface area (Å²) in [5.41, 5.74) is 1.98. The Bertz CT molecular complexity index is 734. The summed E-state index contributed by atoms with van der Waals surface area (Å²) in [6.07, 6.45) is 0. The van der Waals surface area contributed by atoms with Crippen LogP contribution in [0.4, 0.5) is 5.69 Å². The molecule has 126 valence electrons. The number of anilines is 1. The standard InChI is InChI=1S/C18H19ClN2O3/c1-21(11-13-5-3-7-15(19)9-13)12-17(22)20-16-8-4-6-14(10-16)18(23)24-2/h3-10H,11-12H2,1-2H3,(H,20,22). The van der Waals surface area contributed by atoms with E-state index >= 15 is 0 Å². The van der Waals surface area contributed by atoms with Crippen LogP contribution >= 0.6 is 11.6 Å². The van der Waals surface area contributed by atoms with E-state index in [1.54, 1.807) is 24.3 Å². The summed E-state index contributed by atoms with van der Waals surface area (Å²) in [6, 6.07) is 14.2. The van der Waals surface area contributed by atoms with Gasteiger partial charge in [0.05, 0.1) is 19.2 Å². The highest BCUT2D eigenvalue weighted by atomic mass is 35.5. The second kappa shape index (κ2) is 8.47. The van der Waals surface area contributed by atoms with Gasteiger partial charge in [0.1, 0.15) is 0 Å². The van der Waals surface area contributed by atoms with Gasteiger partial charge in [0.25, 0.3) is 0 Å². The number of nitrogens with zero attached hydrogens (tertiary/aromatic N) is 1. The highest BCUT2D eigenvalue weighted by Crippen LogP contribution is 2.13. The molecule has 0 bridgehead atoms. The van der Waals surface area contributed by atoms with Crippen molar-refractivity contribution in [2.75, 3.05) is 26.0 Å². The first kappa shape index (κ1) is 18.0. The van der Waals surface area contributed by atoms with Crippen molar-refractivity contribution in [2.45, 2.75) is 6.54 Å². The summed E-state index contributed by atoms with van der Waals surface area (Å²) in [7, 11) is 3.17. The third kappa shape index (κ3) is 5.37. The van der Waals surface area contributed by atoms with Gasteiger partial charge < -0.3 is 10.1 Å². The fourth-order valence-electron chi connectivity index (χ4n) is 2.29. The largest absolute Gasteiger partial charge is 0.465 e. The van der Waals surface area contributed by atoms with Crippen LogP contribution in [0.5, 0.6) is 0 Å². The van der Waals surface area contributed by atoms with Crippen molar-refractivity contribution >= 4 is 29.2 Å². The normalized spacial score (nSPS) is 10.5. The molecule has 0 aromatic heterocycles. The smallest absolute Gasteiger partial charge is 0.337 e. The molecular weight excluding hydrogens is 328 g/mol. The molecule has 0 spiro atoms. The number of nitrogens with one attached hydrogen (secondary N) is 1. The van der Waals surface area contributed by atoms with Gasteiger partial charge in [-0.25, -0.2) is 4.79 Å². The Kier molecular flexibility index (Phi) is 6.35.